The van der Waals surface area contributed by atoms with E-state index >= 15 is 0 Å². The number of rotatable bonds is 11. The minimum Gasteiger partial charge on any atom is -0.493 e. The number of nitrogens with zero attached hydrogens (tertiary/aromatic N) is 1. The molecule has 0 bridgehead atoms. The third-order valence-corrected chi connectivity index (χ3v) is 7.33. The van der Waals surface area contributed by atoms with Gasteiger partial charge in [-0.2, -0.15) is 13.2 Å². The smallest absolute Gasteiger partial charge is 0.424 e. The summed E-state index contributed by atoms with van der Waals surface area (Å²) >= 11 is 5.92. The molecule has 4 rings (SSSR count). The molecule has 1 aliphatic carbocycles. The molecule has 0 saturated heterocycles. The van der Waals surface area contributed by atoms with E-state index < -0.39 is 53.7 Å². The average Bonchev–Trinajstić information content (AvgIpc) is 3.80. The first kappa shape index (κ1) is 33.0. The van der Waals surface area contributed by atoms with Crippen LogP contribution in [0.5, 0.6) is 11.5 Å². The van der Waals surface area contributed by atoms with Crippen LogP contribution in [0.1, 0.15) is 48.3 Å². The van der Waals surface area contributed by atoms with Crippen LogP contribution in [-0.4, -0.2) is 54.4 Å². The molecule has 1 heterocycles. The van der Waals surface area contributed by atoms with Gasteiger partial charge in [-0.15, -0.1) is 0 Å². The normalized spacial score (nSPS) is 14.9. The van der Waals surface area contributed by atoms with Crippen molar-refractivity contribution >= 4 is 23.4 Å². The zero-order valence-corrected chi connectivity index (χ0v) is 24.8. The molecule has 44 heavy (non-hydrogen) atoms. The highest BCUT2D eigenvalue weighted by Gasteiger charge is 2.56. The van der Waals surface area contributed by atoms with Crippen molar-refractivity contribution in [1.29, 1.82) is 0 Å². The second-order valence-corrected chi connectivity index (χ2v) is 11.3. The molecule has 0 spiro atoms. The van der Waals surface area contributed by atoms with E-state index in [2.05, 4.69) is 15.6 Å². The van der Waals surface area contributed by atoms with Crippen LogP contribution >= 0.6 is 11.6 Å². The molecule has 9 nitrogen and oxygen atoms in total. The van der Waals surface area contributed by atoms with Crippen LogP contribution in [0.25, 0.3) is 11.3 Å². The lowest BCUT2D eigenvalue weighted by Gasteiger charge is -2.33. The monoisotopic (exact) mass is 638 g/mol. The highest BCUT2D eigenvalue weighted by Crippen LogP contribution is 2.41. The second-order valence-electron chi connectivity index (χ2n) is 10.9. The Kier molecular flexibility index (Phi) is 9.43. The van der Waals surface area contributed by atoms with Crippen LogP contribution < -0.4 is 25.8 Å². The van der Waals surface area contributed by atoms with Crippen molar-refractivity contribution in [3.63, 3.8) is 0 Å². The largest absolute Gasteiger partial charge is 0.493 e. The Bertz CT molecular complexity index is 1560. The highest BCUT2D eigenvalue weighted by atomic mass is 35.5. The van der Waals surface area contributed by atoms with Crippen LogP contribution in [-0.2, 0) is 15.9 Å². The maximum absolute atomic E-state index is 14.7. The molecule has 2 amide bonds. The number of amides is 2. The summed E-state index contributed by atoms with van der Waals surface area (Å²) < 4.78 is 68.8. The van der Waals surface area contributed by atoms with Crippen molar-refractivity contribution in [3.8, 4) is 22.8 Å². The maximum Gasteiger partial charge on any atom is 0.424 e. The Hall–Kier alpha value is -3.94. The van der Waals surface area contributed by atoms with E-state index in [9.17, 15) is 32.3 Å². The number of halogens is 5. The van der Waals surface area contributed by atoms with E-state index in [1.807, 2.05) is 0 Å². The number of carbonyl (C=O) groups is 2. The zero-order chi connectivity index (χ0) is 32.4. The number of carbonyl (C=O) groups excluding carboxylic acids is 2. The molecule has 236 valence electrons. The minimum absolute atomic E-state index is 0.0384. The van der Waals surface area contributed by atoms with Gasteiger partial charge >= 0.3 is 6.18 Å². The standard InChI is InChI=1S/C30H31ClF4N4O5/c1-28(2,39-26(40)14-36)18-12-22(16-4-8-21(32)20(31)10-16)38-25(13-18)29(42,30(33,34)35)15-37-27(41)17-5-9-23(24(11-17)43-3)44-19-6-7-19/h4-5,8-13,19,42H,6-7,14-15,36H2,1-3H3,(H,37,41)(H,39,40). The number of alkyl halides is 3. The van der Waals surface area contributed by atoms with E-state index in [4.69, 9.17) is 26.8 Å². The molecule has 0 radical (unpaired) electrons. The number of pyridine rings is 1. The lowest BCUT2D eigenvalue weighted by atomic mass is 9.88. The molecular weight excluding hydrogens is 608 g/mol. The predicted molar refractivity (Wildman–Crippen MR) is 154 cm³/mol. The van der Waals surface area contributed by atoms with Crippen LogP contribution in [0.15, 0.2) is 48.5 Å². The number of aromatic nitrogens is 1. The molecule has 1 unspecified atom stereocenters. The van der Waals surface area contributed by atoms with Crippen molar-refractivity contribution in [3.05, 3.63) is 76.2 Å². The topological polar surface area (TPSA) is 136 Å². The van der Waals surface area contributed by atoms with Gasteiger partial charge in [0.15, 0.2) is 11.5 Å². The van der Waals surface area contributed by atoms with Crippen LogP contribution in [0.3, 0.4) is 0 Å². The molecule has 2 aromatic carbocycles. The fraction of sp³-hybridized carbons (Fsp3) is 0.367. The molecule has 1 fully saturated rings. The Labute approximate surface area is 255 Å². The van der Waals surface area contributed by atoms with Gasteiger partial charge in [-0.3, -0.25) is 9.59 Å². The number of hydrogen-bond acceptors (Lipinski definition) is 7. The average molecular weight is 639 g/mol. The van der Waals surface area contributed by atoms with Crippen LogP contribution in [0.4, 0.5) is 17.6 Å². The van der Waals surface area contributed by atoms with Crippen molar-refractivity contribution < 1.29 is 41.7 Å². The first-order valence-corrected chi connectivity index (χ1v) is 13.9. The molecule has 3 aromatic rings. The summed E-state index contributed by atoms with van der Waals surface area (Å²) in [5.41, 5.74) is -0.397. The fourth-order valence-corrected chi connectivity index (χ4v) is 4.48. The minimum atomic E-state index is -5.34. The number of nitrogens with one attached hydrogen (secondary N) is 2. The lowest BCUT2D eigenvalue weighted by molar-refractivity contribution is -0.265. The van der Waals surface area contributed by atoms with E-state index in [1.54, 1.807) is 0 Å². The van der Waals surface area contributed by atoms with Gasteiger partial charge in [-0.05, 0) is 80.8 Å². The summed E-state index contributed by atoms with van der Waals surface area (Å²) in [4.78, 5) is 29.2. The molecule has 1 atom stereocenters. The van der Waals surface area contributed by atoms with Gasteiger partial charge in [0.25, 0.3) is 5.91 Å². The molecule has 0 aliphatic heterocycles. The molecular formula is C30H31ClF4N4O5. The van der Waals surface area contributed by atoms with Gasteiger partial charge in [-0.1, -0.05) is 11.6 Å². The number of aliphatic hydroxyl groups is 1. The van der Waals surface area contributed by atoms with Gasteiger partial charge in [-0.25, -0.2) is 9.37 Å². The Balaban J connectivity index is 1.74. The van der Waals surface area contributed by atoms with Crippen molar-refractivity contribution in [2.45, 2.75) is 50.1 Å². The van der Waals surface area contributed by atoms with E-state index in [0.29, 0.717) is 5.75 Å². The first-order chi connectivity index (χ1) is 20.6. The van der Waals surface area contributed by atoms with E-state index in [1.165, 1.54) is 51.3 Å². The molecule has 14 heteroatoms. The van der Waals surface area contributed by atoms with Gasteiger partial charge in [0.2, 0.25) is 11.5 Å². The third kappa shape index (κ3) is 7.22. The Morgan fingerprint density at radius 2 is 1.80 bits per heavy atom. The molecule has 1 saturated carbocycles. The number of hydrogen-bond donors (Lipinski definition) is 4. The highest BCUT2D eigenvalue weighted by molar-refractivity contribution is 6.31. The van der Waals surface area contributed by atoms with E-state index in [0.717, 1.165) is 31.0 Å². The second kappa shape index (κ2) is 12.6. The van der Waals surface area contributed by atoms with Crippen molar-refractivity contribution in [2.75, 3.05) is 20.2 Å². The number of benzene rings is 2. The van der Waals surface area contributed by atoms with Crippen LogP contribution in [0.2, 0.25) is 5.02 Å². The van der Waals surface area contributed by atoms with Crippen molar-refractivity contribution in [2.24, 2.45) is 5.73 Å². The summed E-state index contributed by atoms with van der Waals surface area (Å²) in [5, 5.41) is 15.7. The quantitative estimate of drug-likeness (QED) is 0.226. The zero-order valence-electron chi connectivity index (χ0n) is 24.0. The van der Waals surface area contributed by atoms with E-state index in [-0.39, 0.29) is 39.3 Å². The summed E-state index contributed by atoms with van der Waals surface area (Å²) in [6.07, 6.45) is -3.54. The summed E-state index contributed by atoms with van der Waals surface area (Å²) in [5.74, 6) is -1.68. The van der Waals surface area contributed by atoms with Crippen LogP contribution in [0, 0.1) is 5.82 Å². The van der Waals surface area contributed by atoms with Crippen molar-refractivity contribution in [1.82, 2.24) is 15.6 Å². The summed E-state index contributed by atoms with van der Waals surface area (Å²) in [6.45, 7) is 1.31. The SMILES string of the molecule is COc1cc(C(=O)NCC(O)(c2cc(C(C)(C)NC(=O)CN)cc(-c3ccc(F)c(Cl)c3)n2)C(F)(F)F)ccc1OC1CC1. The molecule has 1 aromatic heterocycles. The van der Waals surface area contributed by atoms with Gasteiger partial charge in [0.1, 0.15) is 5.82 Å². The predicted octanol–water partition coefficient (Wildman–Crippen LogP) is 4.58. The first-order valence-electron chi connectivity index (χ1n) is 13.5. The maximum atomic E-state index is 14.7. The Morgan fingerprint density at radius 3 is 2.39 bits per heavy atom. The third-order valence-electron chi connectivity index (χ3n) is 7.04. The molecule has 1 aliphatic rings. The number of ether oxygens (including phenoxy) is 2. The lowest BCUT2D eigenvalue weighted by Crippen LogP contribution is -2.52. The number of nitrogens with two attached hydrogens (primary N) is 1. The number of methoxy groups -OCH3 is 1. The summed E-state index contributed by atoms with van der Waals surface area (Å²) in [6, 6.07) is 9.92. The summed E-state index contributed by atoms with van der Waals surface area (Å²) in [7, 11) is 1.36. The Morgan fingerprint density at radius 1 is 1.09 bits per heavy atom. The van der Waals surface area contributed by atoms with Gasteiger partial charge < -0.3 is 30.9 Å². The van der Waals surface area contributed by atoms with Gasteiger partial charge in [0.05, 0.1) is 48.3 Å². The molecule has 5 N–H and O–H groups in total. The van der Waals surface area contributed by atoms with Gasteiger partial charge in [0, 0.05) is 11.1 Å². The fourth-order valence-electron chi connectivity index (χ4n) is 4.30.